The van der Waals surface area contributed by atoms with Gasteiger partial charge in [-0.1, -0.05) is 0 Å². The van der Waals surface area contributed by atoms with Gasteiger partial charge in [-0.2, -0.15) is 10.2 Å². The van der Waals surface area contributed by atoms with E-state index < -0.39 is 11.6 Å². The first-order valence-corrected chi connectivity index (χ1v) is 8.98. The standard InChI is InChI=1S/C19H17F2N5O/c20-14-5-4-12(8-15(14)21)26-17-3-1-2-13(17)18(24-26)19(27)25-7-6-16-11(10-25)9-22-23-16/h4-5,8-9H,1-3,6-7,10H2,(H,22,23). The van der Waals surface area contributed by atoms with E-state index in [0.717, 1.165) is 60.3 Å². The number of rotatable bonds is 2. The van der Waals surface area contributed by atoms with E-state index in [1.165, 1.54) is 6.07 Å². The van der Waals surface area contributed by atoms with Gasteiger partial charge in [0.05, 0.1) is 11.9 Å². The van der Waals surface area contributed by atoms with Gasteiger partial charge in [0.25, 0.3) is 5.91 Å². The third-order valence-electron chi connectivity index (χ3n) is 5.37. The van der Waals surface area contributed by atoms with Gasteiger partial charge in [-0.3, -0.25) is 9.89 Å². The summed E-state index contributed by atoms with van der Waals surface area (Å²) in [6.45, 7) is 1.10. The normalized spacial score (nSPS) is 15.7. The van der Waals surface area contributed by atoms with Crippen LogP contribution in [0.2, 0.25) is 0 Å². The highest BCUT2D eigenvalue weighted by Gasteiger charge is 2.31. The number of nitrogens with zero attached hydrogens (tertiary/aromatic N) is 4. The summed E-state index contributed by atoms with van der Waals surface area (Å²) < 4.78 is 28.6. The molecule has 1 aromatic carbocycles. The van der Waals surface area contributed by atoms with Crippen LogP contribution in [0.5, 0.6) is 0 Å². The number of nitrogens with one attached hydrogen (secondary N) is 1. The van der Waals surface area contributed by atoms with E-state index in [4.69, 9.17) is 0 Å². The van der Waals surface area contributed by atoms with Gasteiger partial charge >= 0.3 is 0 Å². The smallest absolute Gasteiger partial charge is 0.274 e. The van der Waals surface area contributed by atoms with Crippen molar-refractivity contribution in [1.29, 1.82) is 0 Å². The van der Waals surface area contributed by atoms with Crippen molar-refractivity contribution in [2.24, 2.45) is 0 Å². The van der Waals surface area contributed by atoms with Crippen molar-refractivity contribution < 1.29 is 13.6 Å². The summed E-state index contributed by atoms with van der Waals surface area (Å²) in [5, 5.41) is 11.5. The van der Waals surface area contributed by atoms with Gasteiger partial charge in [0.15, 0.2) is 17.3 Å². The third kappa shape index (κ3) is 2.55. The van der Waals surface area contributed by atoms with Crippen LogP contribution in [0.1, 0.15) is 39.4 Å². The Balaban J connectivity index is 1.52. The predicted molar refractivity (Wildman–Crippen MR) is 92.5 cm³/mol. The Bertz CT molecular complexity index is 1050. The Morgan fingerprint density at radius 3 is 2.89 bits per heavy atom. The second-order valence-electron chi connectivity index (χ2n) is 6.99. The van der Waals surface area contributed by atoms with Crippen LogP contribution in [0.25, 0.3) is 5.69 Å². The van der Waals surface area contributed by atoms with E-state index in [9.17, 15) is 13.6 Å². The number of carbonyl (C=O) groups excluding carboxylic acids is 1. The lowest BCUT2D eigenvalue weighted by Gasteiger charge is -2.26. The molecule has 138 valence electrons. The van der Waals surface area contributed by atoms with Crippen LogP contribution in [0.4, 0.5) is 8.78 Å². The van der Waals surface area contributed by atoms with Crippen LogP contribution in [-0.2, 0) is 25.8 Å². The molecule has 0 bridgehead atoms. The topological polar surface area (TPSA) is 66.8 Å². The Morgan fingerprint density at radius 2 is 2.04 bits per heavy atom. The molecular formula is C19H17F2N5O. The minimum Gasteiger partial charge on any atom is -0.332 e. The second-order valence-corrected chi connectivity index (χ2v) is 6.99. The molecule has 1 amide bonds. The van der Waals surface area contributed by atoms with E-state index in [1.807, 2.05) is 0 Å². The summed E-state index contributed by atoms with van der Waals surface area (Å²) >= 11 is 0. The highest BCUT2D eigenvalue weighted by Crippen LogP contribution is 2.30. The lowest BCUT2D eigenvalue weighted by Crippen LogP contribution is -2.36. The zero-order chi connectivity index (χ0) is 18.5. The number of H-pyrrole nitrogens is 1. The molecule has 0 fully saturated rings. The Labute approximate surface area is 153 Å². The molecular weight excluding hydrogens is 352 g/mol. The molecule has 3 heterocycles. The van der Waals surface area contributed by atoms with Gasteiger partial charge in [-0.25, -0.2) is 13.5 Å². The van der Waals surface area contributed by atoms with Crippen LogP contribution in [0.15, 0.2) is 24.4 Å². The fraction of sp³-hybridized carbons (Fsp3) is 0.316. The maximum absolute atomic E-state index is 13.7. The molecule has 8 heteroatoms. The van der Waals surface area contributed by atoms with E-state index in [-0.39, 0.29) is 5.91 Å². The summed E-state index contributed by atoms with van der Waals surface area (Å²) in [5.74, 6) is -1.95. The fourth-order valence-electron chi connectivity index (χ4n) is 3.98. The Kier molecular flexibility index (Phi) is 3.60. The molecule has 2 aliphatic rings. The first kappa shape index (κ1) is 16.2. The molecule has 2 aromatic heterocycles. The van der Waals surface area contributed by atoms with Crippen molar-refractivity contribution in [3.8, 4) is 5.69 Å². The average Bonchev–Trinajstić information content (AvgIpc) is 3.38. The molecule has 0 atom stereocenters. The zero-order valence-electron chi connectivity index (χ0n) is 14.5. The number of fused-ring (bicyclic) bond motifs is 2. The molecule has 0 saturated heterocycles. The Hall–Kier alpha value is -3.03. The minimum atomic E-state index is -0.925. The first-order chi connectivity index (χ1) is 13.1. The summed E-state index contributed by atoms with van der Waals surface area (Å²) in [6.07, 6.45) is 4.93. The predicted octanol–water partition coefficient (Wildman–Crippen LogP) is 2.56. The third-order valence-corrected chi connectivity index (χ3v) is 5.37. The van der Waals surface area contributed by atoms with Crippen LogP contribution >= 0.6 is 0 Å². The zero-order valence-corrected chi connectivity index (χ0v) is 14.5. The van der Waals surface area contributed by atoms with Gasteiger partial charge in [0.1, 0.15) is 0 Å². The molecule has 1 aliphatic carbocycles. The highest BCUT2D eigenvalue weighted by atomic mass is 19.2. The van der Waals surface area contributed by atoms with Gasteiger partial charge in [-0.15, -0.1) is 0 Å². The molecule has 0 unspecified atom stereocenters. The van der Waals surface area contributed by atoms with Crippen molar-refractivity contribution >= 4 is 5.91 Å². The minimum absolute atomic E-state index is 0.124. The molecule has 0 saturated carbocycles. The van der Waals surface area contributed by atoms with Gasteiger partial charge in [0, 0.05) is 48.1 Å². The lowest BCUT2D eigenvalue weighted by atomic mass is 10.1. The van der Waals surface area contributed by atoms with Gasteiger partial charge < -0.3 is 4.90 Å². The molecule has 1 aliphatic heterocycles. The number of hydrogen-bond donors (Lipinski definition) is 1. The van der Waals surface area contributed by atoms with Crippen LogP contribution in [0.3, 0.4) is 0 Å². The van der Waals surface area contributed by atoms with Crippen molar-refractivity contribution in [3.05, 3.63) is 64.2 Å². The van der Waals surface area contributed by atoms with E-state index in [1.54, 1.807) is 15.8 Å². The molecule has 0 radical (unpaired) electrons. The number of halogens is 2. The van der Waals surface area contributed by atoms with Gasteiger partial charge in [-0.05, 0) is 31.4 Å². The summed E-state index contributed by atoms with van der Waals surface area (Å²) in [4.78, 5) is 14.9. The van der Waals surface area contributed by atoms with Crippen molar-refractivity contribution in [3.63, 3.8) is 0 Å². The van der Waals surface area contributed by atoms with Crippen LogP contribution in [0, 0.1) is 11.6 Å². The largest absolute Gasteiger partial charge is 0.332 e. The quantitative estimate of drug-likeness (QED) is 0.755. The van der Waals surface area contributed by atoms with E-state index in [0.29, 0.717) is 24.5 Å². The number of aromatic nitrogens is 4. The number of amides is 1. The van der Waals surface area contributed by atoms with Crippen LogP contribution < -0.4 is 0 Å². The number of carbonyl (C=O) groups is 1. The van der Waals surface area contributed by atoms with Crippen molar-refractivity contribution in [1.82, 2.24) is 24.9 Å². The highest BCUT2D eigenvalue weighted by molar-refractivity contribution is 5.94. The molecule has 0 spiro atoms. The van der Waals surface area contributed by atoms with Crippen molar-refractivity contribution in [2.75, 3.05) is 6.54 Å². The first-order valence-electron chi connectivity index (χ1n) is 8.98. The monoisotopic (exact) mass is 369 g/mol. The van der Waals surface area contributed by atoms with Crippen LogP contribution in [-0.4, -0.2) is 37.3 Å². The molecule has 6 nitrogen and oxygen atoms in total. The average molecular weight is 369 g/mol. The SMILES string of the molecule is O=C(c1nn(-c2ccc(F)c(F)c2)c2c1CCC2)N1CCc2[nH]ncc2C1. The van der Waals surface area contributed by atoms with E-state index in [2.05, 4.69) is 15.3 Å². The number of benzene rings is 1. The van der Waals surface area contributed by atoms with E-state index >= 15 is 0 Å². The lowest BCUT2D eigenvalue weighted by molar-refractivity contribution is 0.0726. The molecule has 3 aromatic rings. The Morgan fingerprint density at radius 1 is 1.15 bits per heavy atom. The summed E-state index contributed by atoms with van der Waals surface area (Å²) in [5.41, 5.74) is 4.76. The maximum Gasteiger partial charge on any atom is 0.274 e. The maximum atomic E-state index is 13.7. The molecule has 27 heavy (non-hydrogen) atoms. The second kappa shape index (κ2) is 6.00. The molecule has 5 rings (SSSR count). The number of hydrogen-bond acceptors (Lipinski definition) is 3. The summed E-state index contributed by atoms with van der Waals surface area (Å²) in [7, 11) is 0. The summed E-state index contributed by atoms with van der Waals surface area (Å²) in [6, 6.07) is 3.69. The fourth-order valence-corrected chi connectivity index (χ4v) is 3.98. The van der Waals surface area contributed by atoms with Crippen molar-refractivity contribution in [2.45, 2.75) is 32.2 Å². The molecule has 1 N–H and O–H groups in total. The number of aromatic amines is 1. The van der Waals surface area contributed by atoms with Gasteiger partial charge in [0.2, 0.25) is 0 Å².